The summed E-state index contributed by atoms with van der Waals surface area (Å²) in [6, 6.07) is 16.2. The Kier molecular flexibility index (Phi) is 4.93. The zero-order valence-electron chi connectivity index (χ0n) is 16.7. The molecule has 5 nitrogen and oxygen atoms in total. The number of nitrogens with zero attached hydrogens (tertiary/aromatic N) is 4. The van der Waals surface area contributed by atoms with E-state index in [1.165, 1.54) is 10.4 Å². The van der Waals surface area contributed by atoms with E-state index in [1.54, 1.807) is 23.7 Å². The second kappa shape index (κ2) is 7.88. The third-order valence-corrected chi connectivity index (χ3v) is 6.65. The van der Waals surface area contributed by atoms with Crippen molar-refractivity contribution in [1.82, 2.24) is 19.7 Å². The highest BCUT2D eigenvalue weighted by atomic mass is 32.1. The molecule has 3 aromatic heterocycles. The first-order valence-corrected chi connectivity index (χ1v) is 11.0. The minimum absolute atomic E-state index is 0.0255. The monoisotopic (exact) mass is 414 g/mol. The second-order valence-electron chi connectivity index (χ2n) is 7.54. The van der Waals surface area contributed by atoms with Crippen molar-refractivity contribution in [3.8, 4) is 11.3 Å². The number of rotatable bonds is 4. The lowest BCUT2D eigenvalue weighted by molar-refractivity contribution is 0.0680. The summed E-state index contributed by atoms with van der Waals surface area (Å²) in [5.41, 5.74) is 4.58. The van der Waals surface area contributed by atoms with Crippen LogP contribution in [-0.2, 0) is 13.0 Å². The fraction of sp³-hybridized carbons (Fsp3) is 0.208. The summed E-state index contributed by atoms with van der Waals surface area (Å²) in [6.45, 7) is 3.45. The van der Waals surface area contributed by atoms with Gasteiger partial charge in [-0.05, 0) is 48.1 Å². The Balaban J connectivity index is 1.52. The number of carbonyl (C=O) groups excluding carboxylic acids is 1. The van der Waals surface area contributed by atoms with Gasteiger partial charge >= 0.3 is 0 Å². The Morgan fingerprint density at radius 2 is 2.03 bits per heavy atom. The Hall–Kier alpha value is -3.25. The van der Waals surface area contributed by atoms with Crippen molar-refractivity contribution in [2.75, 3.05) is 6.54 Å². The smallest absolute Gasteiger partial charge is 0.258 e. The van der Waals surface area contributed by atoms with Crippen molar-refractivity contribution in [3.63, 3.8) is 0 Å². The third kappa shape index (κ3) is 3.44. The zero-order valence-corrected chi connectivity index (χ0v) is 17.5. The fourth-order valence-corrected chi connectivity index (χ4v) is 5.05. The third-order valence-electron chi connectivity index (χ3n) is 5.65. The molecular formula is C24H22N4OS. The van der Waals surface area contributed by atoms with Crippen LogP contribution in [0.25, 0.3) is 11.3 Å². The predicted molar refractivity (Wildman–Crippen MR) is 118 cm³/mol. The van der Waals surface area contributed by atoms with Crippen LogP contribution in [0.5, 0.6) is 0 Å². The van der Waals surface area contributed by atoms with E-state index in [0.717, 1.165) is 24.1 Å². The first-order valence-electron chi connectivity index (χ1n) is 10.1. The summed E-state index contributed by atoms with van der Waals surface area (Å²) in [7, 11) is 0. The lowest BCUT2D eigenvalue weighted by Gasteiger charge is -2.33. The highest BCUT2D eigenvalue weighted by Gasteiger charge is 2.31. The molecule has 0 bridgehead atoms. The Labute approximate surface area is 179 Å². The van der Waals surface area contributed by atoms with Crippen LogP contribution >= 0.6 is 11.3 Å². The maximum atomic E-state index is 13.7. The maximum Gasteiger partial charge on any atom is 0.258 e. The van der Waals surface area contributed by atoms with E-state index < -0.39 is 0 Å². The van der Waals surface area contributed by atoms with Crippen LogP contribution in [0.3, 0.4) is 0 Å². The Morgan fingerprint density at radius 1 is 1.17 bits per heavy atom. The lowest BCUT2D eigenvalue weighted by atomic mass is 10.00. The molecule has 5 rings (SSSR count). The molecule has 6 heteroatoms. The molecule has 0 aliphatic carbocycles. The number of aromatic nitrogens is 3. The van der Waals surface area contributed by atoms with E-state index in [0.29, 0.717) is 17.8 Å². The Morgan fingerprint density at radius 3 is 2.83 bits per heavy atom. The summed E-state index contributed by atoms with van der Waals surface area (Å²) in [5, 5.41) is 6.90. The summed E-state index contributed by atoms with van der Waals surface area (Å²) in [6.07, 6.45) is 6.29. The van der Waals surface area contributed by atoms with Gasteiger partial charge in [0.05, 0.1) is 18.2 Å². The average Bonchev–Trinajstić information content (AvgIpc) is 3.43. The van der Waals surface area contributed by atoms with Crippen LogP contribution in [0.2, 0.25) is 0 Å². The van der Waals surface area contributed by atoms with Gasteiger partial charge in [-0.25, -0.2) is 0 Å². The van der Waals surface area contributed by atoms with Crippen molar-refractivity contribution in [3.05, 3.63) is 94.1 Å². The van der Waals surface area contributed by atoms with E-state index in [-0.39, 0.29) is 11.9 Å². The molecule has 0 N–H and O–H groups in total. The van der Waals surface area contributed by atoms with Gasteiger partial charge in [-0.2, -0.15) is 5.10 Å². The molecule has 1 amide bonds. The number of hydrogen-bond donors (Lipinski definition) is 0. The molecule has 0 saturated carbocycles. The molecular weight excluding hydrogens is 392 g/mol. The van der Waals surface area contributed by atoms with E-state index >= 15 is 0 Å². The largest absolute Gasteiger partial charge is 0.331 e. The molecule has 1 unspecified atom stereocenters. The van der Waals surface area contributed by atoms with Crippen molar-refractivity contribution >= 4 is 17.2 Å². The Bertz CT molecular complexity index is 1170. The number of thiophene rings is 1. The van der Waals surface area contributed by atoms with Gasteiger partial charge in [0.1, 0.15) is 5.69 Å². The molecule has 0 fully saturated rings. The SMILES string of the molecule is CC1c2ccsc2CCN1C(=O)c1cn(Cc2ccccc2)nc1-c1cccnc1. The average molecular weight is 415 g/mol. The molecule has 1 atom stereocenters. The maximum absolute atomic E-state index is 13.7. The molecule has 0 spiro atoms. The molecule has 1 aromatic carbocycles. The first-order chi connectivity index (χ1) is 14.7. The quantitative estimate of drug-likeness (QED) is 0.481. The number of carbonyl (C=O) groups is 1. The minimum Gasteiger partial charge on any atom is -0.331 e. The fourth-order valence-electron chi connectivity index (χ4n) is 4.09. The number of pyridine rings is 1. The summed E-state index contributed by atoms with van der Waals surface area (Å²) in [4.78, 5) is 21.2. The van der Waals surface area contributed by atoms with Gasteiger partial charge in [0.15, 0.2) is 0 Å². The lowest BCUT2D eigenvalue weighted by Crippen LogP contribution is -2.38. The van der Waals surface area contributed by atoms with Gasteiger partial charge in [0.2, 0.25) is 0 Å². The number of hydrogen-bond acceptors (Lipinski definition) is 4. The highest BCUT2D eigenvalue weighted by Crippen LogP contribution is 2.35. The zero-order chi connectivity index (χ0) is 20.5. The van der Waals surface area contributed by atoms with Crippen molar-refractivity contribution in [2.24, 2.45) is 0 Å². The van der Waals surface area contributed by atoms with Crippen molar-refractivity contribution in [1.29, 1.82) is 0 Å². The van der Waals surface area contributed by atoms with E-state index in [9.17, 15) is 4.79 Å². The van der Waals surface area contributed by atoms with Crippen LogP contribution in [0.15, 0.2) is 72.5 Å². The van der Waals surface area contributed by atoms with Crippen molar-refractivity contribution < 1.29 is 4.79 Å². The van der Waals surface area contributed by atoms with Crippen LogP contribution in [0.1, 0.15) is 39.3 Å². The van der Waals surface area contributed by atoms with Crippen LogP contribution in [0, 0.1) is 0 Å². The van der Waals surface area contributed by atoms with Gasteiger partial charge in [-0.3, -0.25) is 14.5 Å². The molecule has 4 aromatic rings. The van der Waals surface area contributed by atoms with Gasteiger partial charge < -0.3 is 4.90 Å². The van der Waals surface area contributed by atoms with Gasteiger partial charge in [0, 0.05) is 35.6 Å². The van der Waals surface area contributed by atoms with Gasteiger partial charge in [-0.1, -0.05) is 30.3 Å². The second-order valence-corrected chi connectivity index (χ2v) is 8.54. The molecule has 150 valence electrons. The van der Waals surface area contributed by atoms with E-state index in [2.05, 4.69) is 35.5 Å². The molecule has 30 heavy (non-hydrogen) atoms. The summed E-state index contributed by atoms with van der Waals surface area (Å²) >= 11 is 1.78. The van der Waals surface area contributed by atoms with Crippen molar-refractivity contribution in [2.45, 2.75) is 25.9 Å². The molecule has 0 radical (unpaired) electrons. The number of benzene rings is 1. The topological polar surface area (TPSA) is 51.0 Å². The normalized spacial score (nSPS) is 15.8. The predicted octanol–water partition coefficient (Wildman–Crippen LogP) is 4.81. The van der Waals surface area contributed by atoms with Gasteiger partial charge in [0.25, 0.3) is 5.91 Å². The molecule has 1 aliphatic rings. The van der Waals surface area contributed by atoms with Crippen LogP contribution < -0.4 is 0 Å². The first kappa shape index (κ1) is 18.8. The molecule has 0 saturated heterocycles. The van der Waals surface area contributed by atoms with Crippen LogP contribution in [0.4, 0.5) is 0 Å². The molecule has 4 heterocycles. The number of amides is 1. The van der Waals surface area contributed by atoms with Gasteiger partial charge in [-0.15, -0.1) is 11.3 Å². The van der Waals surface area contributed by atoms with E-state index in [4.69, 9.17) is 5.10 Å². The number of fused-ring (bicyclic) bond motifs is 1. The van der Waals surface area contributed by atoms with E-state index in [1.807, 2.05) is 46.1 Å². The molecule has 1 aliphatic heterocycles. The minimum atomic E-state index is 0.0255. The summed E-state index contributed by atoms with van der Waals surface area (Å²) in [5.74, 6) is 0.0255. The standard InChI is InChI=1S/C24H22N4OS/c1-17-20-10-13-30-22(20)9-12-28(17)24(29)21-16-27(15-18-6-3-2-4-7-18)26-23(21)19-8-5-11-25-14-19/h2-8,10-11,13-14,16-17H,9,12,15H2,1H3. The highest BCUT2D eigenvalue weighted by molar-refractivity contribution is 7.10. The van der Waals surface area contributed by atoms with Crippen LogP contribution in [-0.4, -0.2) is 32.1 Å². The summed E-state index contributed by atoms with van der Waals surface area (Å²) < 4.78 is 1.86.